The summed E-state index contributed by atoms with van der Waals surface area (Å²) in [5, 5.41) is 3.01. The zero-order chi connectivity index (χ0) is 10.1. The Kier molecular flexibility index (Phi) is 2.77. The molecule has 1 atom stereocenters. The van der Waals surface area contributed by atoms with Crippen molar-refractivity contribution in [3.05, 3.63) is 0 Å². The van der Waals surface area contributed by atoms with Gasteiger partial charge in [0.05, 0.1) is 15.1 Å². The standard InChI is InChI=1S/C8H16N2O2S/c1-4-13(3,12)10-7(11)8(2)5-9-6-8/h9H,4-6H2,1-3H3. The van der Waals surface area contributed by atoms with Gasteiger partial charge in [-0.1, -0.05) is 6.92 Å². The second-order valence-electron chi connectivity index (χ2n) is 3.81. The van der Waals surface area contributed by atoms with E-state index >= 15 is 0 Å². The average molecular weight is 204 g/mol. The number of amides is 1. The molecule has 0 aliphatic carbocycles. The molecule has 1 fully saturated rings. The summed E-state index contributed by atoms with van der Waals surface area (Å²) in [6.07, 6.45) is 1.53. The Labute approximate surface area is 79.3 Å². The van der Waals surface area contributed by atoms with E-state index in [1.54, 1.807) is 6.92 Å². The van der Waals surface area contributed by atoms with Crippen LogP contribution in [0.15, 0.2) is 4.36 Å². The molecule has 0 aromatic heterocycles. The molecule has 1 N–H and O–H groups in total. The molecule has 4 nitrogen and oxygen atoms in total. The molecule has 76 valence electrons. The maximum absolute atomic E-state index is 11.5. The van der Waals surface area contributed by atoms with Crippen molar-refractivity contribution in [2.75, 3.05) is 25.1 Å². The van der Waals surface area contributed by atoms with Gasteiger partial charge in [-0.15, -0.1) is 0 Å². The third kappa shape index (κ3) is 2.28. The number of rotatable bonds is 2. The third-order valence-electron chi connectivity index (χ3n) is 2.36. The van der Waals surface area contributed by atoms with Crippen molar-refractivity contribution in [1.29, 1.82) is 0 Å². The molecule has 0 bridgehead atoms. The zero-order valence-corrected chi connectivity index (χ0v) is 9.11. The van der Waals surface area contributed by atoms with E-state index in [0.717, 1.165) is 0 Å². The van der Waals surface area contributed by atoms with Crippen LogP contribution in [0.1, 0.15) is 13.8 Å². The third-order valence-corrected chi connectivity index (χ3v) is 3.98. The van der Waals surface area contributed by atoms with Crippen molar-refractivity contribution in [2.45, 2.75) is 13.8 Å². The van der Waals surface area contributed by atoms with Crippen LogP contribution < -0.4 is 5.32 Å². The van der Waals surface area contributed by atoms with Crippen LogP contribution in [0.25, 0.3) is 0 Å². The number of carbonyl (C=O) groups is 1. The van der Waals surface area contributed by atoms with Crippen LogP contribution in [0, 0.1) is 5.41 Å². The van der Waals surface area contributed by atoms with E-state index in [1.807, 2.05) is 6.92 Å². The molecule has 13 heavy (non-hydrogen) atoms. The van der Waals surface area contributed by atoms with E-state index in [4.69, 9.17) is 0 Å². The second kappa shape index (κ2) is 3.38. The molecule has 1 amide bonds. The smallest absolute Gasteiger partial charge is 0.262 e. The molecule has 0 radical (unpaired) electrons. The molecule has 0 spiro atoms. The Morgan fingerprint density at radius 3 is 2.46 bits per heavy atom. The Hall–Kier alpha value is -0.420. The fraction of sp³-hybridized carbons (Fsp3) is 0.875. The van der Waals surface area contributed by atoms with E-state index in [1.165, 1.54) is 6.26 Å². The van der Waals surface area contributed by atoms with Crippen LogP contribution in [-0.2, 0) is 14.5 Å². The summed E-state index contributed by atoms with van der Waals surface area (Å²) in [5.41, 5.74) is -0.409. The molecule has 1 saturated heterocycles. The molecule has 1 aliphatic heterocycles. The summed E-state index contributed by atoms with van der Waals surface area (Å²) in [5.74, 6) is 0.211. The van der Waals surface area contributed by atoms with Gasteiger partial charge in [-0.05, 0) is 6.92 Å². The van der Waals surface area contributed by atoms with E-state index in [9.17, 15) is 9.00 Å². The molecule has 1 unspecified atom stereocenters. The summed E-state index contributed by atoms with van der Waals surface area (Å²) >= 11 is 0. The summed E-state index contributed by atoms with van der Waals surface area (Å²) in [4.78, 5) is 11.5. The Bertz CT molecular complexity index is 325. The molecule has 1 aliphatic rings. The minimum absolute atomic E-state index is 0.222. The highest BCUT2D eigenvalue weighted by Crippen LogP contribution is 2.23. The van der Waals surface area contributed by atoms with Gasteiger partial charge in [0.25, 0.3) is 5.91 Å². The number of carbonyl (C=O) groups excluding carboxylic acids is 1. The van der Waals surface area contributed by atoms with E-state index in [-0.39, 0.29) is 5.91 Å². The van der Waals surface area contributed by atoms with Gasteiger partial charge in [-0.25, -0.2) is 4.21 Å². The van der Waals surface area contributed by atoms with Crippen molar-refractivity contribution in [2.24, 2.45) is 9.78 Å². The zero-order valence-electron chi connectivity index (χ0n) is 8.29. The number of hydrogen-bond acceptors (Lipinski definition) is 3. The highest BCUT2D eigenvalue weighted by Gasteiger charge is 2.39. The number of nitrogens with zero attached hydrogens (tertiary/aromatic N) is 1. The normalized spacial score (nSPS) is 24.2. The van der Waals surface area contributed by atoms with Gasteiger partial charge in [-0.3, -0.25) is 4.79 Å². The first-order valence-corrected chi connectivity index (χ1v) is 6.44. The van der Waals surface area contributed by atoms with Crippen LogP contribution in [0.2, 0.25) is 0 Å². The lowest BCUT2D eigenvalue weighted by Crippen LogP contribution is -2.55. The van der Waals surface area contributed by atoms with Crippen LogP contribution in [0.5, 0.6) is 0 Å². The molecule has 0 aromatic carbocycles. The topological polar surface area (TPSA) is 58.5 Å². The first-order chi connectivity index (χ1) is 5.90. The summed E-state index contributed by atoms with van der Waals surface area (Å²) in [6.45, 7) is 4.92. The maximum atomic E-state index is 11.5. The predicted molar refractivity (Wildman–Crippen MR) is 53.0 cm³/mol. The SMILES string of the molecule is CCS(C)(=O)=NC(=O)C1(C)CNC1. The van der Waals surface area contributed by atoms with E-state index in [0.29, 0.717) is 18.8 Å². The first kappa shape index (κ1) is 10.7. The lowest BCUT2D eigenvalue weighted by Gasteiger charge is -2.35. The Morgan fingerprint density at radius 2 is 2.15 bits per heavy atom. The Morgan fingerprint density at radius 1 is 1.62 bits per heavy atom. The maximum Gasteiger partial charge on any atom is 0.262 e. The van der Waals surface area contributed by atoms with Gasteiger partial charge in [0.2, 0.25) is 0 Å². The van der Waals surface area contributed by atoms with Crippen LogP contribution >= 0.6 is 0 Å². The minimum Gasteiger partial charge on any atom is -0.315 e. The highest BCUT2D eigenvalue weighted by atomic mass is 32.2. The van der Waals surface area contributed by atoms with Crippen molar-refractivity contribution in [1.82, 2.24) is 5.32 Å². The lowest BCUT2D eigenvalue weighted by atomic mass is 9.84. The second-order valence-corrected chi connectivity index (χ2v) is 6.49. The van der Waals surface area contributed by atoms with Crippen molar-refractivity contribution in [3.63, 3.8) is 0 Å². The highest BCUT2D eigenvalue weighted by molar-refractivity contribution is 7.93. The van der Waals surface area contributed by atoms with Gasteiger partial charge in [0, 0.05) is 25.1 Å². The molecule has 1 heterocycles. The van der Waals surface area contributed by atoms with Gasteiger partial charge in [0.15, 0.2) is 0 Å². The summed E-state index contributed by atoms with van der Waals surface area (Å²) in [7, 11) is -2.28. The first-order valence-electron chi connectivity index (χ1n) is 4.35. The van der Waals surface area contributed by atoms with Gasteiger partial charge in [0.1, 0.15) is 0 Å². The molecule has 1 rings (SSSR count). The quantitative estimate of drug-likeness (QED) is 0.701. The van der Waals surface area contributed by atoms with Crippen molar-refractivity contribution < 1.29 is 9.00 Å². The van der Waals surface area contributed by atoms with Crippen molar-refractivity contribution >= 4 is 15.6 Å². The fourth-order valence-electron chi connectivity index (χ4n) is 1.00. The van der Waals surface area contributed by atoms with Crippen molar-refractivity contribution in [3.8, 4) is 0 Å². The fourth-order valence-corrected chi connectivity index (χ4v) is 1.70. The minimum atomic E-state index is -2.28. The Balaban J connectivity index is 2.81. The molecular formula is C8H16N2O2S. The molecule has 5 heteroatoms. The van der Waals surface area contributed by atoms with E-state index in [2.05, 4.69) is 9.68 Å². The van der Waals surface area contributed by atoms with Gasteiger partial charge < -0.3 is 5.32 Å². The predicted octanol–water partition coefficient (Wildman–Crippen LogP) is 0.240. The number of hydrogen-bond donors (Lipinski definition) is 1. The summed E-state index contributed by atoms with van der Waals surface area (Å²) < 4.78 is 15.3. The van der Waals surface area contributed by atoms with Crippen LogP contribution in [-0.4, -0.2) is 35.2 Å². The number of nitrogens with one attached hydrogen (secondary N) is 1. The largest absolute Gasteiger partial charge is 0.315 e. The van der Waals surface area contributed by atoms with Crippen LogP contribution in [0.3, 0.4) is 0 Å². The molecule has 0 aromatic rings. The van der Waals surface area contributed by atoms with E-state index < -0.39 is 15.1 Å². The molecular weight excluding hydrogens is 188 g/mol. The van der Waals surface area contributed by atoms with Gasteiger partial charge in [-0.2, -0.15) is 4.36 Å². The van der Waals surface area contributed by atoms with Gasteiger partial charge >= 0.3 is 0 Å². The van der Waals surface area contributed by atoms with Crippen LogP contribution in [0.4, 0.5) is 0 Å². The lowest BCUT2D eigenvalue weighted by molar-refractivity contribution is -0.128. The average Bonchev–Trinajstić information content (AvgIpc) is 1.99. The summed E-state index contributed by atoms with van der Waals surface area (Å²) in [6, 6.07) is 0. The monoisotopic (exact) mass is 204 g/mol. The molecule has 0 saturated carbocycles.